The quantitative estimate of drug-likeness (QED) is 0.483. The van der Waals surface area contributed by atoms with E-state index in [1.165, 1.54) is 0 Å². The molecule has 0 spiro atoms. The predicted octanol–water partition coefficient (Wildman–Crippen LogP) is 5.91. The van der Waals surface area contributed by atoms with Gasteiger partial charge >= 0.3 is 0 Å². The summed E-state index contributed by atoms with van der Waals surface area (Å²) in [5.74, 6) is 0.965. The highest BCUT2D eigenvalue weighted by atomic mass is 35.5. The second-order valence-electron chi connectivity index (χ2n) is 7.29. The standard InChI is InChI=1S/C24H22ClN3O2S/c1-15-13-17(9-12-22(15)29)20-14-21(16-7-10-18(25)11-8-16)28(27-20)24(31)26-19-5-3-4-6-23(19)30-2/h3-13,21,29H,14H2,1-2H3,(H,26,31). The molecule has 31 heavy (non-hydrogen) atoms. The van der Waals surface area contributed by atoms with Crippen LogP contribution in [0.15, 0.2) is 71.8 Å². The van der Waals surface area contributed by atoms with Gasteiger partial charge in [0.15, 0.2) is 5.11 Å². The van der Waals surface area contributed by atoms with Crippen molar-refractivity contribution in [1.29, 1.82) is 0 Å². The number of para-hydroxylation sites is 2. The summed E-state index contributed by atoms with van der Waals surface area (Å²) in [5, 5.41) is 21.0. The van der Waals surface area contributed by atoms with Crippen molar-refractivity contribution in [1.82, 2.24) is 5.01 Å². The number of rotatable bonds is 4. The first-order valence-corrected chi connectivity index (χ1v) is 10.6. The number of hydrazone groups is 1. The van der Waals surface area contributed by atoms with Crippen LogP contribution in [0.3, 0.4) is 0 Å². The first-order valence-electron chi connectivity index (χ1n) is 9.82. The van der Waals surface area contributed by atoms with E-state index in [-0.39, 0.29) is 11.8 Å². The SMILES string of the molecule is COc1ccccc1NC(=S)N1N=C(c2ccc(O)c(C)c2)CC1c1ccc(Cl)cc1. The lowest BCUT2D eigenvalue weighted by atomic mass is 9.97. The number of hydrogen-bond acceptors (Lipinski definition) is 4. The Labute approximate surface area is 191 Å². The lowest BCUT2D eigenvalue weighted by Gasteiger charge is -2.25. The minimum Gasteiger partial charge on any atom is -0.508 e. The summed E-state index contributed by atoms with van der Waals surface area (Å²) in [5.41, 5.74) is 4.48. The Morgan fingerprint density at radius 1 is 1.16 bits per heavy atom. The molecule has 0 saturated carbocycles. The first-order chi connectivity index (χ1) is 15.0. The van der Waals surface area contributed by atoms with Crippen molar-refractivity contribution in [2.45, 2.75) is 19.4 Å². The van der Waals surface area contributed by atoms with E-state index in [2.05, 4.69) is 5.32 Å². The van der Waals surface area contributed by atoms with E-state index in [9.17, 15) is 5.11 Å². The van der Waals surface area contributed by atoms with Crippen molar-refractivity contribution >= 4 is 40.3 Å². The van der Waals surface area contributed by atoms with Crippen LogP contribution in [0, 0.1) is 6.92 Å². The number of phenols is 1. The fourth-order valence-electron chi connectivity index (χ4n) is 3.57. The maximum Gasteiger partial charge on any atom is 0.194 e. The molecule has 1 unspecified atom stereocenters. The van der Waals surface area contributed by atoms with Crippen molar-refractivity contribution in [2.24, 2.45) is 5.10 Å². The van der Waals surface area contributed by atoms with Gasteiger partial charge in [-0.05, 0) is 78.3 Å². The number of nitrogens with zero attached hydrogens (tertiary/aromatic N) is 2. The summed E-state index contributed by atoms with van der Waals surface area (Å²) in [6, 6.07) is 20.8. The molecule has 2 N–H and O–H groups in total. The molecule has 158 valence electrons. The van der Waals surface area contributed by atoms with E-state index in [1.54, 1.807) is 13.2 Å². The number of phenolic OH excluding ortho intramolecular Hbond substituents is 1. The molecule has 7 heteroatoms. The van der Waals surface area contributed by atoms with Crippen LogP contribution in [0.2, 0.25) is 5.02 Å². The largest absolute Gasteiger partial charge is 0.508 e. The van der Waals surface area contributed by atoms with Crippen molar-refractivity contribution in [3.05, 3.63) is 88.4 Å². The number of nitrogens with one attached hydrogen (secondary N) is 1. The maximum atomic E-state index is 9.89. The monoisotopic (exact) mass is 451 g/mol. The Morgan fingerprint density at radius 3 is 2.61 bits per heavy atom. The third-order valence-electron chi connectivity index (χ3n) is 5.25. The van der Waals surface area contributed by atoms with Crippen molar-refractivity contribution in [3.8, 4) is 11.5 Å². The molecular weight excluding hydrogens is 430 g/mol. The van der Waals surface area contributed by atoms with Crippen LogP contribution in [0.5, 0.6) is 11.5 Å². The zero-order valence-electron chi connectivity index (χ0n) is 17.2. The molecule has 0 amide bonds. The second kappa shape index (κ2) is 8.96. The van der Waals surface area contributed by atoms with Gasteiger partial charge in [0.25, 0.3) is 0 Å². The number of ether oxygens (including phenoxy) is 1. The smallest absolute Gasteiger partial charge is 0.194 e. The fraction of sp³-hybridized carbons (Fsp3) is 0.167. The van der Waals surface area contributed by atoms with Crippen molar-refractivity contribution < 1.29 is 9.84 Å². The average Bonchev–Trinajstić information content (AvgIpc) is 3.22. The molecule has 1 aliphatic rings. The highest BCUT2D eigenvalue weighted by molar-refractivity contribution is 7.80. The van der Waals surface area contributed by atoms with Gasteiger partial charge in [-0.2, -0.15) is 5.10 Å². The Bertz CT molecular complexity index is 1150. The summed E-state index contributed by atoms with van der Waals surface area (Å²) in [6.07, 6.45) is 0.666. The molecule has 3 aromatic carbocycles. The van der Waals surface area contributed by atoms with Gasteiger partial charge in [0, 0.05) is 11.4 Å². The molecule has 0 radical (unpaired) electrons. The van der Waals surface area contributed by atoms with Crippen LogP contribution in [0.4, 0.5) is 5.69 Å². The summed E-state index contributed by atoms with van der Waals surface area (Å²) in [7, 11) is 1.62. The molecule has 0 aromatic heterocycles. The molecule has 5 nitrogen and oxygen atoms in total. The lowest BCUT2D eigenvalue weighted by Crippen LogP contribution is -2.31. The van der Waals surface area contributed by atoms with Gasteiger partial charge in [-0.3, -0.25) is 0 Å². The topological polar surface area (TPSA) is 57.1 Å². The minimum atomic E-state index is -0.0870. The third kappa shape index (κ3) is 4.50. The average molecular weight is 452 g/mol. The van der Waals surface area contributed by atoms with E-state index >= 15 is 0 Å². The van der Waals surface area contributed by atoms with Gasteiger partial charge in [0.1, 0.15) is 11.5 Å². The van der Waals surface area contributed by atoms with Gasteiger partial charge in [-0.1, -0.05) is 35.9 Å². The minimum absolute atomic E-state index is 0.0870. The van der Waals surface area contributed by atoms with Gasteiger partial charge in [0.2, 0.25) is 0 Å². The third-order valence-corrected chi connectivity index (χ3v) is 5.79. The van der Waals surface area contributed by atoms with Gasteiger partial charge in [-0.25, -0.2) is 5.01 Å². The summed E-state index contributed by atoms with van der Waals surface area (Å²) in [6.45, 7) is 1.87. The maximum absolute atomic E-state index is 9.89. The van der Waals surface area contributed by atoms with Gasteiger partial charge in [-0.15, -0.1) is 0 Å². The molecule has 0 saturated heterocycles. The number of thiocarbonyl (C=S) groups is 1. The van der Waals surface area contributed by atoms with E-state index in [1.807, 2.05) is 72.6 Å². The number of benzene rings is 3. The van der Waals surface area contributed by atoms with E-state index in [0.29, 0.717) is 22.3 Å². The van der Waals surface area contributed by atoms with Crippen LogP contribution in [-0.2, 0) is 0 Å². The number of aromatic hydroxyl groups is 1. The molecule has 1 heterocycles. The van der Waals surface area contributed by atoms with Crippen LogP contribution in [0.25, 0.3) is 0 Å². The van der Waals surface area contributed by atoms with Gasteiger partial charge in [0.05, 0.1) is 24.6 Å². The molecule has 0 bridgehead atoms. The molecule has 1 atom stereocenters. The first kappa shape index (κ1) is 21.2. The zero-order chi connectivity index (χ0) is 22.0. The lowest BCUT2D eigenvalue weighted by molar-refractivity contribution is 0.375. The molecule has 4 rings (SSSR count). The van der Waals surface area contributed by atoms with Crippen molar-refractivity contribution in [2.75, 3.05) is 12.4 Å². The number of methoxy groups -OCH3 is 1. The molecule has 3 aromatic rings. The highest BCUT2D eigenvalue weighted by Gasteiger charge is 2.32. The summed E-state index contributed by atoms with van der Waals surface area (Å²) >= 11 is 11.8. The summed E-state index contributed by atoms with van der Waals surface area (Å²) in [4.78, 5) is 0. The predicted molar refractivity (Wildman–Crippen MR) is 129 cm³/mol. The molecule has 0 fully saturated rings. The Kier molecular flexibility index (Phi) is 6.11. The van der Waals surface area contributed by atoms with E-state index < -0.39 is 0 Å². The zero-order valence-corrected chi connectivity index (χ0v) is 18.7. The Hall–Kier alpha value is -3.09. The fourth-order valence-corrected chi connectivity index (χ4v) is 3.98. The van der Waals surface area contributed by atoms with E-state index in [0.717, 1.165) is 28.1 Å². The molecule has 0 aliphatic carbocycles. The Morgan fingerprint density at radius 2 is 1.90 bits per heavy atom. The second-order valence-corrected chi connectivity index (χ2v) is 8.12. The molecular formula is C24H22ClN3O2S. The Balaban J connectivity index is 1.68. The number of halogens is 1. The number of anilines is 1. The highest BCUT2D eigenvalue weighted by Crippen LogP contribution is 2.35. The van der Waals surface area contributed by atoms with Crippen LogP contribution >= 0.6 is 23.8 Å². The number of hydrogen-bond donors (Lipinski definition) is 2. The normalized spacial score (nSPS) is 15.5. The molecule has 1 aliphatic heterocycles. The van der Waals surface area contributed by atoms with Gasteiger partial charge < -0.3 is 15.2 Å². The van der Waals surface area contributed by atoms with Crippen molar-refractivity contribution in [3.63, 3.8) is 0 Å². The van der Waals surface area contributed by atoms with E-state index in [4.69, 9.17) is 33.7 Å². The van der Waals surface area contributed by atoms with Crippen LogP contribution < -0.4 is 10.1 Å². The summed E-state index contributed by atoms with van der Waals surface area (Å²) < 4.78 is 5.43. The van der Waals surface area contributed by atoms with Crippen LogP contribution in [-0.4, -0.2) is 28.0 Å². The number of aryl methyl sites for hydroxylation is 1. The van der Waals surface area contributed by atoms with Crippen LogP contribution in [0.1, 0.15) is 29.2 Å².